The van der Waals surface area contributed by atoms with Crippen LogP contribution in [0.15, 0.2) is 6.07 Å². The van der Waals surface area contributed by atoms with Gasteiger partial charge in [-0.15, -0.1) is 13.2 Å². The molecule has 0 aliphatic carbocycles. The lowest BCUT2D eigenvalue weighted by molar-refractivity contribution is -0.275. The molecule has 0 bridgehead atoms. The average Bonchev–Trinajstić information content (AvgIpc) is 2.20. The van der Waals surface area contributed by atoms with Crippen molar-refractivity contribution in [3.8, 4) is 11.8 Å². The number of hydrogen-bond acceptors (Lipinski definition) is 3. The largest absolute Gasteiger partial charge is 0.573 e. The van der Waals surface area contributed by atoms with Gasteiger partial charge in [-0.05, 0) is 13.0 Å². The number of aromatic nitrogens is 1. The van der Waals surface area contributed by atoms with E-state index < -0.39 is 18.8 Å². The summed E-state index contributed by atoms with van der Waals surface area (Å²) in [6.45, 7) is 0.507. The molecule has 0 spiro atoms. The first-order chi connectivity index (χ1) is 7.87. The van der Waals surface area contributed by atoms with Crippen molar-refractivity contribution in [3.63, 3.8) is 0 Å². The molecule has 1 heterocycles. The lowest BCUT2D eigenvalue weighted by Crippen LogP contribution is -2.19. The van der Waals surface area contributed by atoms with Crippen LogP contribution in [0.3, 0.4) is 0 Å². The predicted octanol–water partition coefficient (Wildman–Crippen LogP) is 2.82. The summed E-state index contributed by atoms with van der Waals surface area (Å²) in [5.74, 6) is -0.627. The van der Waals surface area contributed by atoms with E-state index in [0.717, 1.165) is 6.07 Å². The Bertz CT molecular complexity index is 451. The van der Waals surface area contributed by atoms with Crippen molar-refractivity contribution in [3.05, 3.63) is 23.0 Å². The number of ether oxygens (including phenoxy) is 1. The Morgan fingerprint density at radius 3 is 2.59 bits per heavy atom. The summed E-state index contributed by atoms with van der Waals surface area (Å²) in [6, 6.07) is 2.59. The monoisotopic (exact) mass is 248 g/mol. The molecule has 0 fully saturated rings. The molecular formula is C10H8F4N2O. The van der Waals surface area contributed by atoms with Crippen LogP contribution in [0.2, 0.25) is 0 Å². The molecule has 17 heavy (non-hydrogen) atoms. The summed E-state index contributed by atoms with van der Waals surface area (Å²) >= 11 is 0. The molecule has 1 aromatic rings. The van der Waals surface area contributed by atoms with E-state index in [-0.39, 0.29) is 23.4 Å². The Balaban J connectivity index is 3.20. The van der Waals surface area contributed by atoms with Gasteiger partial charge in [-0.3, -0.25) is 4.98 Å². The molecule has 0 saturated heterocycles. The lowest BCUT2D eigenvalue weighted by atomic mass is 10.1. The van der Waals surface area contributed by atoms with E-state index in [9.17, 15) is 17.6 Å². The molecule has 0 saturated carbocycles. The highest BCUT2D eigenvalue weighted by atomic mass is 19.4. The zero-order chi connectivity index (χ0) is 13.1. The lowest BCUT2D eigenvalue weighted by Gasteiger charge is -2.13. The van der Waals surface area contributed by atoms with Gasteiger partial charge in [0.05, 0.1) is 18.2 Å². The van der Waals surface area contributed by atoms with E-state index in [0.29, 0.717) is 0 Å². The summed E-state index contributed by atoms with van der Waals surface area (Å²) in [5.41, 5.74) is 0.0951. The van der Waals surface area contributed by atoms with Crippen LogP contribution in [0, 0.1) is 18.3 Å². The van der Waals surface area contributed by atoms with Gasteiger partial charge in [-0.25, -0.2) is 4.39 Å². The third kappa shape index (κ3) is 3.59. The van der Waals surface area contributed by atoms with Crippen molar-refractivity contribution >= 4 is 0 Å². The number of halogens is 4. The zero-order valence-electron chi connectivity index (χ0n) is 8.81. The van der Waals surface area contributed by atoms with Gasteiger partial charge < -0.3 is 4.74 Å². The third-order valence-electron chi connectivity index (χ3n) is 1.97. The first kappa shape index (κ1) is 13.2. The smallest absolute Gasteiger partial charge is 0.404 e. The number of nitrogens with zero attached hydrogens (tertiary/aromatic N) is 2. The summed E-state index contributed by atoms with van der Waals surface area (Å²) in [6.07, 6.45) is -5.23. The van der Waals surface area contributed by atoms with Crippen LogP contribution < -0.4 is 4.74 Å². The third-order valence-corrected chi connectivity index (χ3v) is 1.97. The molecule has 0 aromatic carbocycles. The van der Waals surface area contributed by atoms with Crippen molar-refractivity contribution in [2.24, 2.45) is 0 Å². The fourth-order valence-electron chi connectivity index (χ4n) is 1.23. The molecule has 0 aliphatic heterocycles. The van der Waals surface area contributed by atoms with Crippen LogP contribution in [-0.4, -0.2) is 11.3 Å². The molecule has 0 N–H and O–H groups in total. The second-order valence-electron chi connectivity index (χ2n) is 3.19. The quantitative estimate of drug-likeness (QED) is 0.772. The van der Waals surface area contributed by atoms with Gasteiger partial charge in [0.1, 0.15) is 6.67 Å². The van der Waals surface area contributed by atoms with Gasteiger partial charge in [0.15, 0.2) is 5.75 Å². The Labute approximate surface area is 94.6 Å². The van der Waals surface area contributed by atoms with Gasteiger partial charge in [-0.1, -0.05) is 0 Å². The molecule has 0 unspecified atom stereocenters. The summed E-state index contributed by atoms with van der Waals surface area (Å²) in [5, 5.41) is 8.46. The minimum atomic E-state index is -4.89. The van der Waals surface area contributed by atoms with E-state index in [1.54, 1.807) is 6.07 Å². The molecule has 3 nitrogen and oxygen atoms in total. The van der Waals surface area contributed by atoms with Gasteiger partial charge in [0.25, 0.3) is 0 Å². The molecule has 0 aliphatic rings. The minimum Gasteiger partial charge on any atom is -0.404 e. The van der Waals surface area contributed by atoms with Crippen molar-refractivity contribution in [1.29, 1.82) is 5.26 Å². The molecule has 1 rings (SSSR count). The second kappa shape index (κ2) is 4.99. The maximum atomic E-state index is 12.5. The highest BCUT2D eigenvalue weighted by Gasteiger charge is 2.32. The SMILES string of the molecule is Cc1nc(CC#N)c(OC(F)(F)F)cc1CF. The minimum absolute atomic E-state index is 0.00550. The van der Waals surface area contributed by atoms with Crippen molar-refractivity contribution < 1.29 is 22.3 Å². The maximum Gasteiger partial charge on any atom is 0.573 e. The fraction of sp³-hybridized carbons (Fsp3) is 0.400. The normalized spacial score (nSPS) is 11.1. The molecule has 92 valence electrons. The molecule has 7 heteroatoms. The first-order valence-corrected chi connectivity index (χ1v) is 4.55. The van der Waals surface area contributed by atoms with Crippen molar-refractivity contribution in [2.45, 2.75) is 26.4 Å². The van der Waals surface area contributed by atoms with Crippen molar-refractivity contribution in [2.75, 3.05) is 0 Å². The summed E-state index contributed by atoms with van der Waals surface area (Å²) in [4.78, 5) is 3.73. The molecule has 1 aromatic heterocycles. The Morgan fingerprint density at radius 2 is 2.12 bits per heavy atom. The number of rotatable bonds is 3. The topological polar surface area (TPSA) is 45.9 Å². The predicted molar refractivity (Wildman–Crippen MR) is 49.8 cm³/mol. The number of alkyl halides is 4. The van der Waals surface area contributed by atoms with Crippen LogP contribution in [0.25, 0.3) is 0 Å². The number of hydrogen-bond donors (Lipinski definition) is 0. The van der Waals surface area contributed by atoms with E-state index in [1.807, 2.05) is 0 Å². The highest BCUT2D eigenvalue weighted by Crippen LogP contribution is 2.28. The molecular weight excluding hydrogens is 240 g/mol. The van der Waals surface area contributed by atoms with Gasteiger partial charge in [0.2, 0.25) is 0 Å². The Morgan fingerprint density at radius 1 is 1.47 bits per heavy atom. The molecule has 0 amide bonds. The van der Waals surface area contributed by atoms with Crippen LogP contribution in [0.4, 0.5) is 17.6 Å². The van der Waals surface area contributed by atoms with E-state index in [4.69, 9.17) is 5.26 Å². The molecule has 0 atom stereocenters. The van der Waals surface area contributed by atoms with E-state index >= 15 is 0 Å². The van der Waals surface area contributed by atoms with E-state index in [1.165, 1.54) is 6.92 Å². The summed E-state index contributed by atoms with van der Waals surface area (Å²) < 4.78 is 52.4. The van der Waals surface area contributed by atoms with Gasteiger partial charge in [-0.2, -0.15) is 5.26 Å². The Kier molecular flexibility index (Phi) is 3.89. The van der Waals surface area contributed by atoms with Gasteiger partial charge >= 0.3 is 6.36 Å². The van der Waals surface area contributed by atoms with Crippen LogP contribution in [0.1, 0.15) is 17.0 Å². The first-order valence-electron chi connectivity index (χ1n) is 4.55. The molecule has 0 radical (unpaired) electrons. The van der Waals surface area contributed by atoms with Crippen molar-refractivity contribution in [1.82, 2.24) is 4.98 Å². The number of nitriles is 1. The highest BCUT2D eigenvalue weighted by molar-refractivity contribution is 5.36. The zero-order valence-corrected chi connectivity index (χ0v) is 8.81. The summed E-state index contributed by atoms with van der Waals surface area (Å²) in [7, 11) is 0. The Hall–Kier alpha value is -1.84. The van der Waals surface area contributed by atoms with Gasteiger partial charge in [0, 0.05) is 11.3 Å². The fourth-order valence-corrected chi connectivity index (χ4v) is 1.23. The second-order valence-corrected chi connectivity index (χ2v) is 3.19. The van der Waals surface area contributed by atoms with Crippen LogP contribution >= 0.6 is 0 Å². The van der Waals surface area contributed by atoms with E-state index in [2.05, 4.69) is 9.72 Å². The standard InChI is InChI=1S/C10H8F4N2O/c1-6-7(5-11)4-9(17-10(12,13)14)8(16-6)2-3-15/h4H,2,5H2,1H3. The number of aryl methyl sites for hydroxylation is 1. The maximum absolute atomic E-state index is 12.5. The van der Waals surface area contributed by atoms with Crippen LogP contribution in [-0.2, 0) is 13.1 Å². The number of pyridine rings is 1. The average molecular weight is 248 g/mol. The van der Waals surface area contributed by atoms with Crippen LogP contribution in [0.5, 0.6) is 5.75 Å².